The molecule has 6 nitrogen and oxygen atoms in total. The zero-order valence-electron chi connectivity index (χ0n) is 10.8. The molecule has 1 aromatic heterocycles. The maximum atomic E-state index is 11.9. The molecule has 0 bridgehead atoms. The Morgan fingerprint density at radius 3 is 2.81 bits per heavy atom. The monoisotopic (exact) mass is 302 g/mol. The van der Waals surface area contributed by atoms with E-state index in [-0.39, 0.29) is 17.1 Å². The molecule has 2 aromatic rings. The number of benzene rings is 1. The molecule has 0 spiro atoms. The molecule has 7 heteroatoms. The molecule has 1 amide bonds. The van der Waals surface area contributed by atoms with Crippen LogP contribution in [0.1, 0.15) is 5.56 Å². The fraction of sp³-hybridized carbons (Fsp3) is 0.0714. The first kappa shape index (κ1) is 14.6. The topological polar surface area (TPSA) is 101 Å². The van der Waals surface area contributed by atoms with Crippen molar-refractivity contribution in [2.24, 2.45) is 0 Å². The lowest BCUT2D eigenvalue weighted by Crippen LogP contribution is -2.27. The van der Waals surface area contributed by atoms with E-state index in [0.29, 0.717) is 16.9 Å². The Kier molecular flexibility index (Phi) is 4.26. The SMILES string of the molecule is N#Cc1ccc(NC(=O)Cn2cc(N)ccc2=O)cc1Cl. The summed E-state index contributed by atoms with van der Waals surface area (Å²) >= 11 is 5.87. The van der Waals surface area contributed by atoms with E-state index in [1.54, 1.807) is 6.07 Å². The van der Waals surface area contributed by atoms with E-state index in [2.05, 4.69) is 5.32 Å². The van der Waals surface area contributed by atoms with Gasteiger partial charge in [0.25, 0.3) is 5.56 Å². The molecule has 2 rings (SSSR count). The Labute approximate surface area is 125 Å². The third-order valence-electron chi connectivity index (χ3n) is 2.69. The molecule has 3 N–H and O–H groups in total. The molecule has 0 atom stereocenters. The van der Waals surface area contributed by atoms with E-state index in [1.807, 2.05) is 6.07 Å². The minimum Gasteiger partial charge on any atom is -0.398 e. The lowest BCUT2D eigenvalue weighted by atomic mass is 10.2. The van der Waals surface area contributed by atoms with E-state index in [4.69, 9.17) is 22.6 Å². The fourth-order valence-corrected chi connectivity index (χ4v) is 1.93. The van der Waals surface area contributed by atoms with Crippen molar-refractivity contribution in [2.75, 3.05) is 11.1 Å². The van der Waals surface area contributed by atoms with Crippen molar-refractivity contribution in [3.63, 3.8) is 0 Å². The van der Waals surface area contributed by atoms with Crippen LogP contribution in [0.3, 0.4) is 0 Å². The van der Waals surface area contributed by atoms with Crippen LogP contribution in [0.2, 0.25) is 5.02 Å². The highest BCUT2D eigenvalue weighted by Gasteiger charge is 2.07. The largest absolute Gasteiger partial charge is 0.398 e. The molecule has 106 valence electrons. The quantitative estimate of drug-likeness (QED) is 0.899. The van der Waals surface area contributed by atoms with Crippen molar-refractivity contribution < 1.29 is 4.79 Å². The van der Waals surface area contributed by atoms with Crippen LogP contribution in [-0.2, 0) is 11.3 Å². The Morgan fingerprint density at radius 1 is 1.38 bits per heavy atom. The molecule has 0 radical (unpaired) electrons. The van der Waals surface area contributed by atoms with Crippen molar-refractivity contribution in [1.82, 2.24) is 4.57 Å². The number of carbonyl (C=O) groups is 1. The summed E-state index contributed by atoms with van der Waals surface area (Å²) in [5.74, 6) is -0.400. The van der Waals surface area contributed by atoms with Gasteiger partial charge in [-0.15, -0.1) is 0 Å². The fourth-order valence-electron chi connectivity index (χ4n) is 1.71. The standard InChI is InChI=1S/C14H11ClN4O2/c15-12-5-11(3-1-9(12)6-16)18-13(20)8-19-7-10(17)2-4-14(19)21/h1-5,7H,8,17H2,(H,18,20). The number of hydrogen-bond donors (Lipinski definition) is 2. The number of nitrogens with zero attached hydrogens (tertiary/aromatic N) is 2. The number of amides is 1. The third kappa shape index (κ3) is 3.61. The number of pyridine rings is 1. The molecular formula is C14H11ClN4O2. The van der Waals surface area contributed by atoms with Gasteiger partial charge in [0.15, 0.2) is 0 Å². The summed E-state index contributed by atoms with van der Waals surface area (Å²) in [4.78, 5) is 23.5. The van der Waals surface area contributed by atoms with E-state index >= 15 is 0 Å². The number of anilines is 2. The predicted molar refractivity (Wildman–Crippen MR) is 79.9 cm³/mol. The molecule has 1 heterocycles. The van der Waals surface area contributed by atoms with Crippen molar-refractivity contribution in [3.8, 4) is 6.07 Å². The van der Waals surface area contributed by atoms with Crippen molar-refractivity contribution in [1.29, 1.82) is 5.26 Å². The van der Waals surface area contributed by atoms with E-state index in [0.717, 1.165) is 0 Å². The van der Waals surface area contributed by atoms with Gasteiger partial charge in [0.05, 0.1) is 10.6 Å². The maximum absolute atomic E-state index is 11.9. The summed E-state index contributed by atoms with van der Waals surface area (Å²) in [6, 6.07) is 9.22. The summed E-state index contributed by atoms with van der Waals surface area (Å²) in [7, 11) is 0. The van der Waals surface area contributed by atoms with Crippen LogP contribution < -0.4 is 16.6 Å². The highest BCUT2D eigenvalue weighted by Crippen LogP contribution is 2.20. The first-order valence-electron chi connectivity index (χ1n) is 5.95. The van der Waals surface area contributed by atoms with Crippen LogP contribution in [0.5, 0.6) is 0 Å². The Hall–Kier alpha value is -2.78. The molecular weight excluding hydrogens is 292 g/mol. The van der Waals surface area contributed by atoms with E-state index in [9.17, 15) is 9.59 Å². The van der Waals surface area contributed by atoms with Gasteiger partial charge < -0.3 is 15.6 Å². The number of carbonyl (C=O) groups excluding carboxylic acids is 1. The minimum atomic E-state index is -0.400. The minimum absolute atomic E-state index is 0.165. The van der Waals surface area contributed by atoms with Crippen LogP contribution in [0, 0.1) is 11.3 Å². The van der Waals surface area contributed by atoms with Crippen LogP contribution >= 0.6 is 11.6 Å². The summed E-state index contributed by atoms with van der Waals surface area (Å²) < 4.78 is 1.20. The molecule has 0 fully saturated rings. The lowest BCUT2D eigenvalue weighted by molar-refractivity contribution is -0.116. The zero-order valence-corrected chi connectivity index (χ0v) is 11.6. The van der Waals surface area contributed by atoms with Gasteiger partial charge in [0, 0.05) is 23.6 Å². The number of nitriles is 1. The summed E-state index contributed by atoms with van der Waals surface area (Å²) in [5.41, 5.74) is 6.40. The van der Waals surface area contributed by atoms with Crippen LogP contribution in [-0.4, -0.2) is 10.5 Å². The highest BCUT2D eigenvalue weighted by atomic mass is 35.5. The number of halogens is 1. The first-order chi connectivity index (χ1) is 9.99. The number of nitrogen functional groups attached to an aromatic ring is 1. The average molecular weight is 303 g/mol. The van der Waals surface area contributed by atoms with Crippen molar-refractivity contribution >= 4 is 28.9 Å². The first-order valence-corrected chi connectivity index (χ1v) is 6.33. The van der Waals surface area contributed by atoms with Gasteiger partial charge >= 0.3 is 0 Å². The second kappa shape index (κ2) is 6.11. The van der Waals surface area contributed by atoms with Crippen LogP contribution in [0.15, 0.2) is 41.3 Å². The van der Waals surface area contributed by atoms with Crippen LogP contribution in [0.4, 0.5) is 11.4 Å². The van der Waals surface area contributed by atoms with Gasteiger partial charge in [-0.25, -0.2) is 0 Å². The van der Waals surface area contributed by atoms with E-state index in [1.165, 1.54) is 35.0 Å². The van der Waals surface area contributed by atoms with Gasteiger partial charge in [-0.1, -0.05) is 11.6 Å². The maximum Gasteiger partial charge on any atom is 0.251 e. The number of nitrogens with two attached hydrogens (primary N) is 1. The van der Waals surface area contributed by atoms with Crippen molar-refractivity contribution in [2.45, 2.75) is 6.54 Å². The van der Waals surface area contributed by atoms with Gasteiger partial charge in [0.2, 0.25) is 5.91 Å². The lowest BCUT2D eigenvalue weighted by Gasteiger charge is -2.08. The van der Waals surface area contributed by atoms with Gasteiger partial charge in [0.1, 0.15) is 12.6 Å². The van der Waals surface area contributed by atoms with Gasteiger partial charge in [-0.05, 0) is 24.3 Å². The third-order valence-corrected chi connectivity index (χ3v) is 3.01. The zero-order chi connectivity index (χ0) is 15.4. The second-order valence-corrected chi connectivity index (χ2v) is 4.69. The average Bonchev–Trinajstić information content (AvgIpc) is 2.43. The Morgan fingerprint density at radius 2 is 2.14 bits per heavy atom. The predicted octanol–water partition coefficient (Wildman–Crippen LogP) is 1.59. The number of nitrogens with one attached hydrogen (secondary N) is 1. The van der Waals surface area contributed by atoms with Gasteiger partial charge in [-0.3, -0.25) is 9.59 Å². The molecule has 0 aliphatic carbocycles. The molecule has 0 unspecified atom stereocenters. The Bertz CT molecular complexity index is 792. The Balaban J connectivity index is 2.12. The molecule has 0 aliphatic heterocycles. The van der Waals surface area contributed by atoms with E-state index < -0.39 is 5.91 Å². The normalized spacial score (nSPS) is 9.90. The number of aromatic nitrogens is 1. The summed E-state index contributed by atoms with van der Waals surface area (Å²) in [6.45, 7) is -0.165. The number of rotatable bonds is 3. The summed E-state index contributed by atoms with van der Waals surface area (Å²) in [6.07, 6.45) is 1.40. The molecule has 0 saturated heterocycles. The van der Waals surface area contributed by atoms with Crippen LogP contribution in [0.25, 0.3) is 0 Å². The second-order valence-electron chi connectivity index (χ2n) is 4.28. The highest BCUT2D eigenvalue weighted by molar-refractivity contribution is 6.32. The molecule has 21 heavy (non-hydrogen) atoms. The molecule has 1 aromatic carbocycles. The molecule has 0 saturated carbocycles. The molecule has 0 aliphatic rings. The van der Waals surface area contributed by atoms with Gasteiger partial charge in [-0.2, -0.15) is 5.26 Å². The summed E-state index contributed by atoms with van der Waals surface area (Å²) in [5, 5.41) is 11.6. The van der Waals surface area contributed by atoms with Crippen molar-refractivity contribution in [3.05, 3.63) is 57.5 Å². The smallest absolute Gasteiger partial charge is 0.251 e. The number of hydrogen-bond acceptors (Lipinski definition) is 4.